The molecular formula is C84H154O23. The van der Waals surface area contributed by atoms with Crippen LogP contribution in [0.3, 0.4) is 0 Å². The minimum Gasteiger partial charge on any atom is -0.460 e. The number of esters is 4. The van der Waals surface area contributed by atoms with E-state index in [-0.39, 0.29) is 196 Å². The number of carbonyl (C=O) groups is 4. The molecule has 8 aliphatic rings. The van der Waals surface area contributed by atoms with Crippen LogP contribution in [0.5, 0.6) is 0 Å². The largest absolute Gasteiger partial charge is 0.460 e. The fourth-order valence-corrected chi connectivity index (χ4v) is 11.8. The van der Waals surface area contributed by atoms with Gasteiger partial charge in [0.2, 0.25) is 0 Å². The van der Waals surface area contributed by atoms with Crippen molar-refractivity contribution in [2.24, 2.45) is 0 Å². The zero-order valence-corrected chi connectivity index (χ0v) is 61.3. The van der Waals surface area contributed by atoms with Gasteiger partial charge < -0.3 is 92.6 Å². The summed E-state index contributed by atoms with van der Waals surface area (Å²) in [6.45, 7) is 27.5. The first-order valence-electron chi connectivity index (χ1n) is 36.0. The van der Waals surface area contributed by atoms with E-state index in [9.17, 15) is 29.4 Å². The highest BCUT2D eigenvalue weighted by atomic mass is 16.6. The van der Waals surface area contributed by atoms with E-state index in [1.54, 1.807) is 79.7 Å². The normalized spacial score (nSPS) is 30.4. The summed E-state index contributed by atoms with van der Waals surface area (Å²) in [4.78, 5) is 47.0. The molecule has 3 aromatic carbocycles. The molecule has 0 amide bonds. The van der Waals surface area contributed by atoms with Crippen molar-refractivity contribution in [2.75, 3.05) is 33.0 Å². The van der Waals surface area contributed by atoms with Gasteiger partial charge in [-0.05, 0) is 137 Å². The molecule has 8 aliphatic heterocycles. The average molecular weight is 1530 g/mol. The third-order valence-corrected chi connectivity index (χ3v) is 17.5. The second kappa shape index (κ2) is 62.6. The van der Waals surface area contributed by atoms with Crippen LogP contribution in [0, 0.1) is 0 Å². The number of hydrogen-bond acceptors (Lipinski definition) is 23. The summed E-state index contributed by atoms with van der Waals surface area (Å²) in [7, 11) is 0. The molecule has 7 N–H and O–H groups in total. The van der Waals surface area contributed by atoms with Crippen molar-refractivity contribution in [1.82, 2.24) is 0 Å². The minimum absolute atomic E-state index is 0. The Morgan fingerprint density at radius 3 is 1.04 bits per heavy atom. The summed E-state index contributed by atoms with van der Waals surface area (Å²) in [6, 6.07) is 26.3. The van der Waals surface area contributed by atoms with Crippen LogP contribution in [-0.4, -0.2) is 227 Å². The predicted octanol–water partition coefficient (Wildman–Crippen LogP) is 14.7. The number of rotatable bonds is 15. The lowest BCUT2D eigenvalue weighted by Gasteiger charge is -2.19. The van der Waals surface area contributed by atoms with Crippen molar-refractivity contribution in [2.45, 2.75) is 374 Å². The lowest BCUT2D eigenvalue weighted by Crippen LogP contribution is -2.32. The van der Waals surface area contributed by atoms with E-state index in [4.69, 9.17) is 82.4 Å². The van der Waals surface area contributed by atoms with Crippen LogP contribution in [0.25, 0.3) is 0 Å². The van der Waals surface area contributed by atoms with Crippen molar-refractivity contribution in [3.8, 4) is 0 Å². The highest BCUT2D eigenvalue weighted by molar-refractivity contribution is 5.90. The Morgan fingerprint density at radius 1 is 0.355 bits per heavy atom. The molecule has 8 saturated heterocycles. The average Bonchev–Trinajstić information content (AvgIpc) is 1.74. The summed E-state index contributed by atoms with van der Waals surface area (Å²) in [5.74, 6) is -1.52. The molecule has 0 bridgehead atoms. The zero-order valence-electron chi connectivity index (χ0n) is 61.3. The summed E-state index contributed by atoms with van der Waals surface area (Å²) < 4.78 is 64.3. The van der Waals surface area contributed by atoms with E-state index in [1.807, 2.05) is 80.5 Å². The molecule has 0 saturated carbocycles. The maximum Gasteiger partial charge on any atom is 0.338 e. The van der Waals surface area contributed by atoms with E-state index in [0.717, 1.165) is 38.5 Å². The Morgan fingerprint density at radius 2 is 0.738 bits per heavy atom. The van der Waals surface area contributed by atoms with Gasteiger partial charge in [-0.25, -0.2) is 14.4 Å². The molecular weight excluding hydrogens is 1380 g/mol. The molecule has 22 atom stereocenters. The number of benzene rings is 3. The zero-order chi connectivity index (χ0) is 73.6. The van der Waals surface area contributed by atoms with Crippen molar-refractivity contribution < 1.29 is 112 Å². The molecule has 628 valence electrons. The van der Waals surface area contributed by atoms with Gasteiger partial charge >= 0.3 is 23.9 Å². The van der Waals surface area contributed by atoms with Crippen LogP contribution in [0.15, 0.2) is 91.0 Å². The highest BCUT2D eigenvalue weighted by Crippen LogP contribution is 2.28. The molecule has 23 heteroatoms. The SMILES string of the molecule is C.C.C.C.C.C.C.C.CC.CC(=O)OC1CC(COC(=O)c2ccccc2)OC1C.CC1CC(O)C(CO)O1.CC1CC(OC(=O)c2ccccc2)C(COC(=O)c2ccccc2)O1.CC1CCC(CO)O1.CC1OC(CO)CC1O.CCC1CC(O)C(C)O1.CCC1CCC(C)O1.CCC1OC(C)CC1O. The Hall–Kier alpha value is -5.06. The third kappa shape index (κ3) is 43.4. The van der Waals surface area contributed by atoms with Crippen LogP contribution in [0.1, 0.15) is 271 Å². The molecule has 107 heavy (non-hydrogen) atoms. The van der Waals surface area contributed by atoms with Crippen LogP contribution in [0.2, 0.25) is 0 Å². The number of aliphatic hydroxyl groups excluding tert-OH is 7. The van der Waals surface area contributed by atoms with Crippen LogP contribution < -0.4 is 0 Å². The molecule has 22 unspecified atom stereocenters. The summed E-state index contributed by atoms with van der Waals surface area (Å²) in [5, 5.41) is 62.2. The van der Waals surface area contributed by atoms with Crippen molar-refractivity contribution in [3.05, 3.63) is 108 Å². The van der Waals surface area contributed by atoms with E-state index in [2.05, 4.69) is 20.8 Å². The Kier molecular flexibility index (Phi) is 66.0. The van der Waals surface area contributed by atoms with Gasteiger partial charge in [-0.15, -0.1) is 0 Å². The van der Waals surface area contributed by atoms with E-state index in [0.29, 0.717) is 66.8 Å². The summed E-state index contributed by atoms with van der Waals surface area (Å²) in [5.41, 5.74) is 1.48. The number of aliphatic hydroxyl groups is 7. The minimum atomic E-state index is -0.468. The molecule has 0 aromatic heterocycles. The van der Waals surface area contributed by atoms with Gasteiger partial charge in [0.25, 0.3) is 0 Å². The lowest BCUT2D eigenvalue weighted by atomic mass is 10.1. The second-order valence-corrected chi connectivity index (χ2v) is 26.0. The summed E-state index contributed by atoms with van der Waals surface area (Å²) >= 11 is 0. The fraction of sp³-hybridized carbons (Fsp3) is 0.738. The van der Waals surface area contributed by atoms with E-state index < -0.39 is 30.3 Å². The van der Waals surface area contributed by atoms with Gasteiger partial charge in [0.1, 0.15) is 37.6 Å². The van der Waals surface area contributed by atoms with E-state index in [1.165, 1.54) is 26.2 Å². The number of carbonyl (C=O) groups excluding carboxylic acids is 4. The van der Waals surface area contributed by atoms with Crippen LogP contribution in [0.4, 0.5) is 0 Å². The number of hydrogen-bond donors (Lipinski definition) is 7. The Labute approximate surface area is 647 Å². The van der Waals surface area contributed by atoms with Gasteiger partial charge in [0.15, 0.2) is 0 Å². The van der Waals surface area contributed by atoms with Crippen LogP contribution >= 0.6 is 0 Å². The van der Waals surface area contributed by atoms with Crippen LogP contribution in [-0.2, 0) is 61.6 Å². The van der Waals surface area contributed by atoms with Crippen molar-refractivity contribution >= 4 is 23.9 Å². The number of ether oxygens (including phenoxy) is 12. The smallest absolute Gasteiger partial charge is 0.338 e. The Bertz CT molecular complexity index is 2520. The molecule has 0 aliphatic carbocycles. The topological polar surface area (TPSA) is 321 Å². The first-order valence-corrected chi connectivity index (χ1v) is 36.0. The molecule has 0 radical (unpaired) electrons. The molecule has 3 aromatic rings. The van der Waals surface area contributed by atoms with E-state index >= 15 is 0 Å². The lowest BCUT2D eigenvalue weighted by molar-refractivity contribution is -0.148. The third-order valence-electron chi connectivity index (χ3n) is 17.5. The first kappa shape index (κ1) is 113. The fourth-order valence-electron chi connectivity index (χ4n) is 11.8. The molecule has 0 spiro atoms. The van der Waals surface area contributed by atoms with Crippen molar-refractivity contribution in [1.29, 1.82) is 0 Å². The van der Waals surface area contributed by atoms with Gasteiger partial charge in [-0.2, -0.15) is 0 Å². The monoisotopic (exact) mass is 1530 g/mol. The summed E-state index contributed by atoms with van der Waals surface area (Å²) in [6.07, 6.45) is 10.6. The Balaban J connectivity index is -0.000000280. The van der Waals surface area contributed by atoms with Crippen molar-refractivity contribution in [3.63, 3.8) is 0 Å². The standard InChI is InChI=1S/C20H20O5.C15H18O5.2C7H14O2.C7H14O.2C6H12O3.C6H12O2.C2H6.8CH4/c1-14-12-17(25-20(22)16-10-6-3-7-11-16)18(24-14)13-23-19(21)15-8-4-2-5-9-15;1-10-14(20-11(2)16)8-13(19-10)9-18-15(17)12-6-4-3-5-7-12;1-3-6-4-7(8)5(2)9-6;1-3-7-6(8)4-5(2)9-7;1-3-7-5-4-6(2)8-7;1-4-6(8)2-5(3-7)9-4;1-4-2-5(8)6(3-7)9-4;1-5-2-3-6(4-7)8-5;1-2;;;;;;;;/h2-11,14,17-18H,12-13H2,1H3;3-7,10,13-14H,8-9H2,1-2H3;2*5-8H,3-4H2,1-2H3;6-7H,3-5H2,1-2H3;2*4-8H,2-3H2,1H3;5-7H,2-4H2,1H3;1-2H3;8*1H4. The molecule has 8 heterocycles. The van der Waals surface area contributed by atoms with Gasteiger partial charge in [0, 0.05) is 45.4 Å². The highest BCUT2D eigenvalue weighted by Gasteiger charge is 2.39. The predicted molar refractivity (Wildman–Crippen MR) is 427 cm³/mol. The first-order chi connectivity index (χ1) is 47.3. The van der Waals surface area contributed by atoms with Gasteiger partial charge in [-0.1, -0.05) is 149 Å². The quantitative estimate of drug-likeness (QED) is 0.0549. The maximum absolute atomic E-state index is 12.2. The molecule has 8 fully saturated rings. The molecule has 23 nitrogen and oxygen atoms in total. The maximum atomic E-state index is 12.2. The molecule has 11 rings (SSSR count). The van der Waals surface area contributed by atoms with Gasteiger partial charge in [-0.3, -0.25) is 4.79 Å². The van der Waals surface area contributed by atoms with Gasteiger partial charge in [0.05, 0.1) is 146 Å². The second-order valence-electron chi connectivity index (χ2n) is 26.0.